The predicted octanol–water partition coefficient (Wildman–Crippen LogP) is 1.82. The van der Waals surface area contributed by atoms with E-state index >= 15 is 0 Å². The molecular weight excluding hydrogens is 262 g/mol. The third kappa shape index (κ3) is 3.12. The van der Waals surface area contributed by atoms with Crippen molar-refractivity contribution in [1.82, 2.24) is 15.2 Å². The Morgan fingerprint density at radius 1 is 1.42 bits per heavy atom. The molecule has 1 amide bonds. The van der Waals surface area contributed by atoms with Crippen molar-refractivity contribution >= 4 is 22.4 Å². The summed E-state index contributed by atoms with van der Waals surface area (Å²) in [5.41, 5.74) is 8.29. The van der Waals surface area contributed by atoms with E-state index in [1.807, 2.05) is 12.3 Å². The summed E-state index contributed by atoms with van der Waals surface area (Å²) in [5.74, 6) is -0.235. The molecule has 0 bridgehead atoms. The molecule has 2 aromatic rings. The maximum absolute atomic E-state index is 12.1. The standard InChI is InChI=1S/C12H15N5OS/c1-6-4-9(8(3)17-16-6)11(18)15-12-14-10(5-19-12)7(2)13/h4-5,7H,13H2,1-3H3,(H,14,15,18). The second-order valence-electron chi connectivity index (χ2n) is 4.31. The van der Waals surface area contributed by atoms with Gasteiger partial charge in [0.15, 0.2) is 5.13 Å². The third-order valence-electron chi connectivity index (χ3n) is 2.55. The zero-order valence-corrected chi connectivity index (χ0v) is 11.8. The zero-order chi connectivity index (χ0) is 14.0. The van der Waals surface area contributed by atoms with Crippen molar-refractivity contribution in [2.24, 2.45) is 5.73 Å². The lowest BCUT2D eigenvalue weighted by atomic mass is 10.2. The van der Waals surface area contributed by atoms with Gasteiger partial charge in [-0.25, -0.2) is 4.98 Å². The van der Waals surface area contributed by atoms with E-state index in [4.69, 9.17) is 5.73 Å². The molecule has 7 heteroatoms. The number of rotatable bonds is 3. The average Bonchev–Trinajstić information content (AvgIpc) is 2.80. The lowest BCUT2D eigenvalue weighted by Gasteiger charge is -2.05. The van der Waals surface area contributed by atoms with Gasteiger partial charge in [-0.2, -0.15) is 10.2 Å². The number of nitrogens with zero attached hydrogens (tertiary/aromatic N) is 3. The van der Waals surface area contributed by atoms with E-state index < -0.39 is 0 Å². The van der Waals surface area contributed by atoms with Gasteiger partial charge in [0.2, 0.25) is 0 Å². The molecule has 0 fully saturated rings. The average molecular weight is 277 g/mol. The first-order valence-corrected chi connectivity index (χ1v) is 6.68. The minimum Gasteiger partial charge on any atom is -0.323 e. The fraction of sp³-hybridized carbons (Fsp3) is 0.333. The molecule has 0 aliphatic rings. The summed E-state index contributed by atoms with van der Waals surface area (Å²) in [5, 5.41) is 12.9. The van der Waals surface area contributed by atoms with E-state index in [2.05, 4.69) is 20.5 Å². The third-order valence-corrected chi connectivity index (χ3v) is 3.33. The number of thiazole rings is 1. The minimum atomic E-state index is -0.235. The van der Waals surface area contributed by atoms with Crippen LogP contribution in [0.1, 0.15) is 40.4 Å². The van der Waals surface area contributed by atoms with Crippen LogP contribution in [0.5, 0.6) is 0 Å². The highest BCUT2D eigenvalue weighted by Gasteiger charge is 2.14. The first-order chi connectivity index (χ1) is 8.97. The van der Waals surface area contributed by atoms with Crippen LogP contribution >= 0.6 is 11.3 Å². The summed E-state index contributed by atoms with van der Waals surface area (Å²) in [6, 6.07) is 1.56. The summed E-state index contributed by atoms with van der Waals surface area (Å²) in [6.07, 6.45) is 0. The minimum absolute atomic E-state index is 0.145. The number of amides is 1. The number of carbonyl (C=O) groups is 1. The molecular formula is C12H15N5OS. The van der Waals surface area contributed by atoms with Crippen LogP contribution in [-0.2, 0) is 0 Å². The molecule has 0 aromatic carbocycles. The van der Waals surface area contributed by atoms with Crippen LogP contribution in [-0.4, -0.2) is 21.1 Å². The van der Waals surface area contributed by atoms with Crippen LogP contribution in [0, 0.1) is 13.8 Å². The van der Waals surface area contributed by atoms with Gasteiger partial charge in [-0.1, -0.05) is 0 Å². The lowest BCUT2D eigenvalue weighted by Crippen LogP contribution is -2.15. The zero-order valence-electron chi connectivity index (χ0n) is 11.0. The molecule has 19 heavy (non-hydrogen) atoms. The summed E-state index contributed by atoms with van der Waals surface area (Å²) in [7, 11) is 0. The van der Waals surface area contributed by atoms with Crippen molar-refractivity contribution in [3.8, 4) is 0 Å². The van der Waals surface area contributed by atoms with Crippen LogP contribution < -0.4 is 11.1 Å². The van der Waals surface area contributed by atoms with E-state index in [1.54, 1.807) is 19.9 Å². The number of hydrogen-bond acceptors (Lipinski definition) is 6. The Labute approximate surface area is 115 Å². The highest BCUT2D eigenvalue weighted by Crippen LogP contribution is 2.20. The van der Waals surface area contributed by atoms with Gasteiger partial charge in [0.25, 0.3) is 5.91 Å². The van der Waals surface area contributed by atoms with Crippen molar-refractivity contribution < 1.29 is 4.79 Å². The fourth-order valence-electron chi connectivity index (χ4n) is 1.50. The first-order valence-electron chi connectivity index (χ1n) is 5.80. The summed E-state index contributed by atoms with van der Waals surface area (Å²) < 4.78 is 0. The molecule has 0 radical (unpaired) electrons. The molecule has 100 valence electrons. The van der Waals surface area contributed by atoms with Crippen LogP contribution in [0.25, 0.3) is 0 Å². The first kappa shape index (κ1) is 13.6. The molecule has 2 aromatic heterocycles. The molecule has 0 saturated heterocycles. The number of aromatic nitrogens is 3. The second kappa shape index (κ2) is 5.41. The normalized spacial score (nSPS) is 12.2. The Balaban J connectivity index is 2.18. The van der Waals surface area contributed by atoms with Crippen molar-refractivity contribution in [3.05, 3.63) is 34.1 Å². The Kier molecular flexibility index (Phi) is 3.87. The van der Waals surface area contributed by atoms with E-state index in [0.717, 1.165) is 5.69 Å². The molecule has 0 spiro atoms. The monoisotopic (exact) mass is 277 g/mol. The van der Waals surface area contributed by atoms with Gasteiger partial charge in [0.1, 0.15) is 0 Å². The van der Waals surface area contributed by atoms with Gasteiger partial charge in [0, 0.05) is 11.4 Å². The maximum atomic E-state index is 12.1. The number of anilines is 1. The van der Waals surface area contributed by atoms with Gasteiger partial charge in [0.05, 0.1) is 22.6 Å². The number of nitrogens with one attached hydrogen (secondary N) is 1. The number of hydrogen-bond donors (Lipinski definition) is 2. The van der Waals surface area contributed by atoms with Crippen LogP contribution in [0.15, 0.2) is 11.4 Å². The molecule has 2 rings (SSSR count). The van der Waals surface area contributed by atoms with Crippen molar-refractivity contribution in [2.45, 2.75) is 26.8 Å². The Bertz CT molecular complexity index is 608. The number of aryl methyl sites for hydroxylation is 2. The van der Waals surface area contributed by atoms with E-state index in [-0.39, 0.29) is 11.9 Å². The van der Waals surface area contributed by atoms with Gasteiger partial charge in [-0.05, 0) is 26.8 Å². The molecule has 0 aliphatic carbocycles. The van der Waals surface area contributed by atoms with E-state index in [0.29, 0.717) is 22.1 Å². The van der Waals surface area contributed by atoms with Crippen LogP contribution in [0.4, 0.5) is 5.13 Å². The molecule has 0 saturated carbocycles. The molecule has 0 aliphatic heterocycles. The van der Waals surface area contributed by atoms with Crippen molar-refractivity contribution in [3.63, 3.8) is 0 Å². The van der Waals surface area contributed by atoms with Gasteiger partial charge in [-0.15, -0.1) is 11.3 Å². The summed E-state index contributed by atoms with van der Waals surface area (Å²) in [6.45, 7) is 5.39. The van der Waals surface area contributed by atoms with Crippen LogP contribution in [0.3, 0.4) is 0 Å². The van der Waals surface area contributed by atoms with E-state index in [1.165, 1.54) is 11.3 Å². The Morgan fingerprint density at radius 2 is 2.16 bits per heavy atom. The lowest BCUT2D eigenvalue weighted by molar-refractivity contribution is 0.102. The smallest absolute Gasteiger partial charge is 0.259 e. The fourth-order valence-corrected chi connectivity index (χ4v) is 2.31. The van der Waals surface area contributed by atoms with Crippen molar-refractivity contribution in [1.29, 1.82) is 0 Å². The molecule has 2 heterocycles. The highest BCUT2D eigenvalue weighted by molar-refractivity contribution is 7.14. The van der Waals surface area contributed by atoms with Crippen molar-refractivity contribution in [2.75, 3.05) is 5.32 Å². The maximum Gasteiger partial charge on any atom is 0.259 e. The van der Waals surface area contributed by atoms with E-state index in [9.17, 15) is 4.79 Å². The Hall–Kier alpha value is -1.86. The van der Waals surface area contributed by atoms with Crippen LogP contribution in [0.2, 0.25) is 0 Å². The number of carbonyl (C=O) groups excluding carboxylic acids is 1. The predicted molar refractivity (Wildman–Crippen MR) is 74.2 cm³/mol. The van der Waals surface area contributed by atoms with Gasteiger partial charge in [-0.3, -0.25) is 10.1 Å². The SMILES string of the molecule is Cc1cc(C(=O)Nc2nc(C(C)N)cs2)c(C)nn1. The second-order valence-corrected chi connectivity index (χ2v) is 5.16. The molecule has 1 atom stereocenters. The van der Waals surface area contributed by atoms with Gasteiger partial charge >= 0.3 is 0 Å². The molecule has 1 unspecified atom stereocenters. The largest absolute Gasteiger partial charge is 0.323 e. The topological polar surface area (TPSA) is 93.8 Å². The summed E-state index contributed by atoms with van der Waals surface area (Å²) in [4.78, 5) is 16.4. The molecule has 3 N–H and O–H groups in total. The highest BCUT2D eigenvalue weighted by atomic mass is 32.1. The molecule has 6 nitrogen and oxygen atoms in total. The Morgan fingerprint density at radius 3 is 2.79 bits per heavy atom. The summed E-state index contributed by atoms with van der Waals surface area (Å²) >= 11 is 1.35. The quantitative estimate of drug-likeness (QED) is 0.892. The number of nitrogens with two attached hydrogens (primary N) is 1. The van der Waals surface area contributed by atoms with Gasteiger partial charge < -0.3 is 5.73 Å².